The molecule has 0 saturated heterocycles. The summed E-state index contributed by atoms with van der Waals surface area (Å²) >= 11 is 0. The van der Waals surface area contributed by atoms with Crippen LogP contribution in [0.1, 0.15) is 59.3 Å². The number of nitrogens with two attached hydrogens (primary N) is 1. The highest BCUT2D eigenvalue weighted by Gasteiger charge is 2.23. The highest BCUT2D eigenvalue weighted by molar-refractivity contribution is 5.87. The highest BCUT2D eigenvalue weighted by atomic mass is 14.9. The lowest BCUT2D eigenvalue weighted by molar-refractivity contribution is 0.394. The molecule has 0 spiro atoms. The van der Waals surface area contributed by atoms with Crippen molar-refractivity contribution in [3.63, 3.8) is 0 Å². The third kappa shape index (κ3) is 4.78. The second-order valence-electron chi connectivity index (χ2n) is 5.90. The summed E-state index contributed by atoms with van der Waals surface area (Å²) in [6, 6.07) is 0. The van der Waals surface area contributed by atoms with E-state index < -0.39 is 0 Å². The third-order valence-corrected chi connectivity index (χ3v) is 3.08. The fourth-order valence-corrected chi connectivity index (χ4v) is 2.43. The van der Waals surface area contributed by atoms with Gasteiger partial charge in [0, 0.05) is 5.71 Å². The quantitative estimate of drug-likeness (QED) is 0.713. The van der Waals surface area contributed by atoms with Gasteiger partial charge in [0.2, 0.25) is 0 Å². The van der Waals surface area contributed by atoms with Crippen molar-refractivity contribution in [1.82, 2.24) is 0 Å². The van der Waals surface area contributed by atoms with Crippen LogP contribution in [0.2, 0.25) is 0 Å². The molecule has 1 fully saturated rings. The Morgan fingerprint density at radius 2 is 1.80 bits per heavy atom. The predicted molar refractivity (Wildman–Crippen MR) is 67.1 cm³/mol. The predicted octanol–water partition coefficient (Wildman–Crippen LogP) is 3.36. The maximum atomic E-state index is 5.57. The minimum atomic E-state index is 0.339. The minimum Gasteiger partial charge on any atom is -0.312 e. The van der Waals surface area contributed by atoms with Gasteiger partial charge >= 0.3 is 0 Å². The SMILES string of the molecule is CC(C)(C)CC(=NCN)C1CCCCC1. The number of hydrogen-bond donors (Lipinski definition) is 1. The summed E-state index contributed by atoms with van der Waals surface area (Å²) in [6.07, 6.45) is 7.91. The molecule has 0 amide bonds. The first-order valence-corrected chi connectivity index (χ1v) is 6.26. The van der Waals surface area contributed by atoms with Crippen molar-refractivity contribution in [3.05, 3.63) is 0 Å². The van der Waals surface area contributed by atoms with Gasteiger partial charge in [-0.3, -0.25) is 4.99 Å². The van der Waals surface area contributed by atoms with E-state index in [2.05, 4.69) is 25.8 Å². The summed E-state index contributed by atoms with van der Waals surface area (Å²) in [5, 5.41) is 0. The fourth-order valence-electron chi connectivity index (χ4n) is 2.43. The van der Waals surface area contributed by atoms with E-state index in [0.717, 1.165) is 12.3 Å². The van der Waals surface area contributed by atoms with Gasteiger partial charge < -0.3 is 5.73 Å². The van der Waals surface area contributed by atoms with Gasteiger partial charge in [-0.25, -0.2) is 0 Å². The zero-order valence-corrected chi connectivity index (χ0v) is 10.6. The smallest absolute Gasteiger partial charge is 0.0858 e. The molecule has 0 heterocycles. The molecular formula is C13H26N2. The summed E-state index contributed by atoms with van der Waals surface area (Å²) in [4.78, 5) is 4.53. The molecule has 0 aromatic rings. The monoisotopic (exact) mass is 210 g/mol. The zero-order chi connectivity index (χ0) is 11.3. The van der Waals surface area contributed by atoms with Gasteiger partial charge in [-0.1, -0.05) is 40.0 Å². The minimum absolute atomic E-state index is 0.339. The first kappa shape index (κ1) is 12.7. The molecule has 0 atom stereocenters. The van der Waals surface area contributed by atoms with Gasteiger partial charge in [0.15, 0.2) is 0 Å². The van der Waals surface area contributed by atoms with E-state index in [4.69, 9.17) is 5.73 Å². The number of nitrogens with zero attached hydrogens (tertiary/aromatic N) is 1. The van der Waals surface area contributed by atoms with Crippen LogP contribution in [-0.4, -0.2) is 12.4 Å². The molecule has 0 aromatic carbocycles. The molecule has 1 aliphatic rings. The van der Waals surface area contributed by atoms with E-state index in [0.29, 0.717) is 12.1 Å². The lowest BCUT2D eigenvalue weighted by Crippen LogP contribution is -2.24. The molecule has 0 bridgehead atoms. The Bertz CT molecular complexity index is 207. The Morgan fingerprint density at radius 3 is 2.27 bits per heavy atom. The van der Waals surface area contributed by atoms with E-state index in [1.54, 1.807) is 0 Å². The van der Waals surface area contributed by atoms with Crippen LogP contribution in [0, 0.1) is 11.3 Å². The molecule has 1 saturated carbocycles. The standard InChI is InChI=1S/C13H26N2/c1-13(2,3)9-12(15-10-14)11-7-5-4-6-8-11/h11H,4-10,14H2,1-3H3. The Kier molecular flexibility index (Phi) is 4.78. The van der Waals surface area contributed by atoms with E-state index in [1.165, 1.54) is 37.8 Å². The summed E-state index contributed by atoms with van der Waals surface area (Å²) in [5.74, 6) is 0.724. The van der Waals surface area contributed by atoms with Gasteiger partial charge in [-0.2, -0.15) is 0 Å². The van der Waals surface area contributed by atoms with Crippen molar-refractivity contribution in [3.8, 4) is 0 Å². The van der Waals surface area contributed by atoms with Crippen LogP contribution in [0.4, 0.5) is 0 Å². The molecule has 88 valence electrons. The summed E-state index contributed by atoms with van der Waals surface area (Å²) in [7, 11) is 0. The molecule has 1 rings (SSSR count). The largest absolute Gasteiger partial charge is 0.312 e. The molecule has 0 aliphatic heterocycles. The van der Waals surface area contributed by atoms with Gasteiger partial charge in [0.25, 0.3) is 0 Å². The molecule has 15 heavy (non-hydrogen) atoms. The van der Waals surface area contributed by atoms with E-state index in [-0.39, 0.29) is 0 Å². The maximum absolute atomic E-state index is 5.57. The Hall–Kier alpha value is -0.370. The van der Waals surface area contributed by atoms with E-state index in [9.17, 15) is 0 Å². The van der Waals surface area contributed by atoms with Crippen molar-refractivity contribution in [1.29, 1.82) is 0 Å². The number of hydrogen-bond acceptors (Lipinski definition) is 2. The lowest BCUT2D eigenvalue weighted by Gasteiger charge is -2.28. The molecule has 0 radical (unpaired) electrons. The maximum Gasteiger partial charge on any atom is 0.0858 e. The van der Waals surface area contributed by atoms with Crippen molar-refractivity contribution in [2.75, 3.05) is 6.67 Å². The van der Waals surface area contributed by atoms with Crippen LogP contribution >= 0.6 is 0 Å². The molecular weight excluding hydrogens is 184 g/mol. The molecule has 0 unspecified atom stereocenters. The number of rotatable bonds is 3. The van der Waals surface area contributed by atoms with E-state index >= 15 is 0 Å². The third-order valence-electron chi connectivity index (χ3n) is 3.08. The number of aliphatic imine (C=N–C) groups is 1. The average molecular weight is 210 g/mol. The topological polar surface area (TPSA) is 38.4 Å². The van der Waals surface area contributed by atoms with Crippen molar-refractivity contribution in [2.24, 2.45) is 22.1 Å². The molecule has 2 N–H and O–H groups in total. The molecule has 1 aliphatic carbocycles. The van der Waals surface area contributed by atoms with Crippen LogP contribution in [-0.2, 0) is 0 Å². The molecule has 2 heteroatoms. The Morgan fingerprint density at radius 1 is 1.20 bits per heavy atom. The van der Waals surface area contributed by atoms with Crippen LogP contribution in [0.15, 0.2) is 4.99 Å². The van der Waals surface area contributed by atoms with Crippen molar-refractivity contribution in [2.45, 2.75) is 59.3 Å². The van der Waals surface area contributed by atoms with Gasteiger partial charge in [-0.15, -0.1) is 0 Å². The van der Waals surface area contributed by atoms with Crippen LogP contribution in [0.5, 0.6) is 0 Å². The first-order chi connectivity index (χ1) is 7.03. The van der Waals surface area contributed by atoms with Crippen LogP contribution < -0.4 is 5.73 Å². The molecule has 2 nitrogen and oxygen atoms in total. The normalized spacial score (nSPS) is 20.7. The highest BCUT2D eigenvalue weighted by Crippen LogP contribution is 2.30. The van der Waals surface area contributed by atoms with E-state index in [1.807, 2.05) is 0 Å². The zero-order valence-electron chi connectivity index (χ0n) is 10.6. The van der Waals surface area contributed by atoms with Crippen molar-refractivity contribution < 1.29 is 0 Å². The summed E-state index contributed by atoms with van der Waals surface area (Å²) < 4.78 is 0. The Balaban J connectivity index is 2.60. The summed E-state index contributed by atoms with van der Waals surface area (Å²) in [6.45, 7) is 7.30. The summed E-state index contributed by atoms with van der Waals surface area (Å²) in [5.41, 5.74) is 7.29. The van der Waals surface area contributed by atoms with Crippen LogP contribution in [0.25, 0.3) is 0 Å². The van der Waals surface area contributed by atoms with Gasteiger partial charge in [0.1, 0.15) is 0 Å². The second kappa shape index (κ2) is 5.64. The van der Waals surface area contributed by atoms with Gasteiger partial charge in [0.05, 0.1) is 6.67 Å². The first-order valence-electron chi connectivity index (χ1n) is 6.26. The fraction of sp³-hybridized carbons (Fsp3) is 0.923. The molecule has 0 aromatic heterocycles. The lowest BCUT2D eigenvalue weighted by atomic mass is 9.79. The van der Waals surface area contributed by atoms with Gasteiger partial charge in [-0.05, 0) is 30.6 Å². The average Bonchev–Trinajstić information content (AvgIpc) is 2.17. The van der Waals surface area contributed by atoms with Crippen LogP contribution in [0.3, 0.4) is 0 Å². The Labute approximate surface area is 94.3 Å². The second-order valence-corrected chi connectivity index (χ2v) is 5.90. The van der Waals surface area contributed by atoms with Crippen molar-refractivity contribution >= 4 is 5.71 Å².